The Kier molecular flexibility index (Phi) is 5.05. The number of aromatic carboxylic acids is 1. The Hall–Kier alpha value is -3.58. The summed E-state index contributed by atoms with van der Waals surface area (Å²) in [7, 11) is 0. The van der Waals surface area contributed by atoms with Gasteiger partial charge in [0.05, 0.1) is 21.8 Å². The highest BCUT2D eigenvalue weighted by Crippen LogP contribution is 2.36. The molecule has 6 nitrogen and oxygen atoms in total. The third kappa shape index (κ3) is 3.33. The van der Waals surface area contributed by atoms with E-state index in [1.165, 1.54) is 0 Å². The fourth-order valence-corrected chi connectivity index (χ4v) is 4.39. The van der Waals surface area contributed by atoms with Crippen LogP contribution in [0.15, 0.2) is 65.6 Å². The highest BCUT2D eigenvalue weighted by atomic mass is 32.2. The summed E-state index contributed by atoms with van der Waals surface area (Å²) in [4.78, 5) is 38.4. The third-order valence-corrected chi connectivity index (χ3v) is 5.81. The van der Waals surface area contributed by atoms with E-state index < -0.39 is 5.97 Å². The van der Waals surface area contributed by atoms with Crippen molar-refractivity contribution in [3.63, 3.8) is 0 Å². The second-order valence-electron chi connectivity index (χ2n) is 6.84. The number of hydrogen-bond donors (Lipinski definition) is 1. The van der Waals surface area contributed by atoms with Gasteiger partial charge in [-0.25, -0.2) is 9.69 Å². The van der Waals surface area contributed by atoms with E-state index in [9.17, 15) is 19.5 Å². The molecule has 1 aliphatic heterocycles. The number of carbonyl (C=O) groups excluding carboxylic acids is 2. The van der Waals surface area contributed by atoms with Gasteiger partial charge in [-0.2, -0.15) is 0 Å². The molecular weight excluding hydrogens is 400 g/mol. The van der Waals surface area contributed by atoms with Crippen LogP contribution in [-0.4, -0.2) is 26.8 Å². The molecule has 2 aromatic carbocycles. The van der Waals surface area contributed by atoms with Crippen LogP contribution in [0.5, 0.6) is 0 Å². The summed E-state index contributed by atoms with van der Waals surface area (Å²) in [6.45, 7) is 3.73. The van der Waals surface area contributed by atoms with Crippen LogP contribution in [0.4, 0.5) is 10.5 Å². The lowest BCUT2D eigenvalue weighted by atomic mass is 10.1. The topological polar surface area (TPSA) is 79.6 Å². The molecule has 0 bridgehead atoms. The first kappa shape index (κ1) is 19.7. The second kappa shape index (κ2) is 7.68. The first-order valence-electron chi connectivity index (χ1n) is 9.23. The summed E-state index contributed by atoms with van der Waals surface area (Å²) >= 11 is 0.894. The molecule has 2 amide bonds. The van der Waals surface area contributed by atoms with Gasteiger partial charge in [-0.3, -0.25) is 9.59 Å². The number of aromatic nitrogens is 1. The van der Waals surface area contributed by atoms with Crippen LogP contribution in [-0.2, 0) is 4.79 Å². The standard InChI is InChI=1S/C23H18N2O4S/c1-14-12-16(15(2)24(14)19-11-7-6-10-18(19)22(27)28)13-20-21(26)25(23(29)30-20)17-8-4-3-5-9-17/h3-13H,1-2H3,(H,27,28). The molecule has 3 aromatic rings. The minimum Gasteiger partial charge on any atom is -0.478 e. The number of benzene rings is 2. The van der Waals surface area contributed by atoms with Crippen LogP contribution >= 0.6 is 11.8 Å². The number of carboxylic acid groups (broad SMARTS) is 1. The van der Waals surface area contributed by atoms with Crippen molar-refractivity contribution < 1.29 is 19.5 Å². The van der Waals surface area contributed by atoms with Crippen LogP contribution in [0, 0.1) is 13.8 Å². The van der Waals surface area contributed by atoms with Crippen LogP contribution in [0.3, 0.4) is 0 Å². The molecule has 4 rings (SSSR count). The number of carbonyl (C=O) groups is 3. The quantitative estimate of drug-likeness (QED) is 0.601. The molecular formula is C23H18N2O4S. The Morgan fingerprint density at radius 2 is 1.67 bits per heavy atom. The lowest BCUT2D eigenvalue weighted by Crippen LogP contribution is -2.27. The zero-order chi connectivity index (χ0) is 21.4. The second-order valence-corrected chi connectivity index (χ2v) is 7.83. The number of aryl methyl sites for hydroxylation is 1. The Morgan fingerprint density at radius 1 is 1.00 bits per heavy atom. The zero-order valence-electron chi connectivity index (χ0n) is 16.3. The maximum atomic E-state index is 12.9. The minimum absolute atomic E-state index is 0.190. The number of rotatable bonds is 4. The van der Waals surface area contributed by atoms with E-state index in [1.807, 2.05) is 30.5 Å². The average Bonchev–Trinajstić information content (AvgIpc) is 3.17. The van der Waals surface area contributed by atoms with Gasteiger partial charge in [0.2, 0.25) is 0 Å². The maximum absolute atomic E-state index is 12.9. The number of carboxylic acids is 1. The molecule has 0 spiro atoms. The summed E-state index contributed by atoms with van der Waals surface area (Å²) in [6.07, 6.45) is 1.69. The normalized spacial score (nSPS) is 15.3. The monoisotopic (exact) mass is 418 g/mol. The highest BCUT2D eigenvalue weighted by Gasteiger charge is 2.36. The van der Waals surface area contributed by atoms with E-state index in [0.717, 1.165) is 33.6 Å². The number of anilines is 1. The molecule has 0 atom stereocenters. The fraction of sp³-hybridized carbons (Fsp3) is 0.0870. The molecule has 30 heavy (non-hydrogen) atoms. The van der Waals surface area contributed by atoms with Gasteiger partial charge in [0.15, 0.2) is 0 Å². The summed E-state index contributed by atoms with van der Waals surface area (Å²) in [5.74, 6) is -1.38. The molecule has 0 aliphatic carbocycles. The molecule has 0 unspecified atom stereocenters. The number of nitrogens with zero attached hydrogens (tertiary/aromatic N) is 2. The van der Waals surface area contributed by atoms with Crippen molar-refractivity contribution >= 4 is 40.6 Å². The fourth-order valence-electron chi connectivity index (χ4n) is 3.56. The zero-order valence-corrected chi connectivity index (χ0v) is 17.1. The number of amides is 2. The summed E-state index contributed by atoms with van der Waals surface area (Å²) in [5.41, 5.74) is 3.64. The molecule has 150 valence electrons. The number of hydrogen-bond acceptors (Lipinski definition) is 4. The molecule has 1 fully saturated rings. The van der Waals surface area contributed by atoms with Crippen molar-refractivity contribution in [2.75, 3.05) is 4.90 Å². The molecule has 1 saturated heterocycles. The highest BCUT2D eigenvalue weighted by molar-refractivity contribution is 8.19. The SMILES string of the molecule is Cc1cc(C=C2SC(=O)N(c3ccccc3)C2=O)c(C)n1-c1ccccc1C(=O)O. The minimum atomic E-state index is -1.01. The number of imide groups is 1. The average molecular weight is 418 g/mol. The van der Waals surface area contributed by atoms with Gasteiger partial charge < -0.3 is 9.67 Å². The molecule has 1 aliphatic rings. The Balaban J connectivity index is 1.75. The van der Waals surface area contributed by atoms with E-state index in [2.05, 4.69) is 0 Å². The van der Waals surface area contributed by atoms with Gasteiger partial charge in [0.1, 0.15) is 0 Å². The smallest absolute Gasteiger partial charge is 0.337 e. The maximum Gasteiger partial charge on any atom is 0.337 e. The number of para-hydroxylation sites is 2. The van der Waals surface area contributed by atoms with Crippen molar-refractivity contribution in [2.45, 2.75) is 13.8 Å². The van der Waals surface area contributed by atoms with Crippen LogP contribution in [0.1, 0.15) is 27.3 Å². The summed E-state index contributed by atoms with van der Waals surface area (Å²) in [5, 5.41) is 9.19. The van der Waals surface area contributed by atoms with Crippen LogP contribution < -0.4 is 4.90 Å². The molecule has 7 heteroatoms. The van der Waals surface area contributed by atoms with Crippen LogP contribution in [0.25, 0.3) is 11.8 Å². The predicted molar refractivity (Wildman–Crippen MR) is 117 cm³/mol. The Labute approximate surface area is 177 Å². The molecule has 0 saturated carbocycles. The summed E-state index contributed by atoms with van der Waals surface area (Å²) < 4.78 is 1.84. The van der Waals surface area contributed by atoms with Crippen molar-refractivity contribution in [3.8, 4) is 5.69 Å². The van der Waals surface area contributed by atoms with E-state index in [0.29, 0.717) is 16.3 Å². The lowest BCUT2D eigenvalue weighted by molar-refractivity contribution is -0.113. The van der Waals surface area contributed by atoms with Crippen molar-refractivity contribution in [3.05, 3.63) is 88.1 Å². The van der Waals surface area contributed by atoms with E-state index in [1.54, 1.807) is 54.6 Å². The van der Waals surface area contributed by atoms with Gasteiger partial charge >= 0.3 is 5.97 Å². The van der Waals surface area contributed by atoms with Gasteiger partial charge in [0.25, 0.3) is 11.1 Å². The van der Waals surface area contributed by atoms with Gasteiger partial charge in [-0.05, 0) is 67.6 Å². The molecule has 0 radical (unpaired) electrons. The van der Waals surface area contributed by atoms with Gasteiger partial charge in [0, 0.05) is 11.4 Å². The molecule has 1 aromatic heterocycles. The van der Waals surface area contributed by atoms with E-state index >= 15 is 0 Å². The van der Waals surface area contributed by atoms with Crippen molar-refractivity contribution in [2.24, 2.45) is 0 Å². The molecule has 1 N–H and O–H groups in total. The predicted octanol–water partition coefficient (Wildman–Crippen LogP) is 5.03. The van der Waals surface area contributed by atoms with E-state index in [-0.39, 0.29) is 16.7 Å². The van der Waals surface area contributed by atoms with Gasteiger partial charge in [-0.1, -0.05) is 30.3 Å². The first-order chi connectivity index (χ1) is 14.4. The Morgan fingerprint density at radius 3 is 2.37 bits per heavy atom. The third-order valence-electron chi connectivity index (χ3n) is 4.94. The van der Waals surface area contributed by atoms with Crippen molar-refractivity contribution in [1.29, 1.82) is 0 Å². The van der Waals surface area contributed by atoms with Crippen LogP contribution in [0.2, 0.25) is 0 Å². The Bertz CT molecular complexity index is 1210. The summed E-state index contributed by atoms with van der Waals surface area (Å²) in [6, 6.07) is 17.4. The largest absolute Gasteiger partial charge is 0.478 e. The molecule has 2 heterocycles. The van der Waals surface area contributed by atoms with E-state index in [4.69, 9.17) is 0 Å². The lowest BCUT2D eigenvalue weighted by Gasteiger charge is -2.12. The number of thioether (sulfide) groups is 1. The van der Waals surface area contributed by atoms with Crippen molar-refractivity contribution in [1.82, 2.24) is 4.57 Å². The first-order valence-corrected chi connectivity index (χ1v) is 10.0. The van der Waals surface area contributed by atoms with Gasteiger partial charge in [-0.15, -0.1) is 0 Å².